The van der Waals surface area contributed by atoms with E-state index in [2.05, 4.69) is 5.32 Å². The van der Waals surface area contributed by atoms with Gasteiger partial charge in [0.05, 0.1) is 10.2 Å². The van der Waals surface area contributed by atoms with Crippen LogP contribution >= 0.6 is 22.6 Å². The van der Waals surface area contributed by atoms with E-state index in [4.69, 9.17) is 4.74 Å². The predicted molar refractivity (Wildman–Crippen MR) is 78.8 cm³/mol. The van der Waals surface area contributed by atoms with Crippen LogP contribution in [0, 0.1) is 3.57 Å². The summed E-state index contributed by atoms with van der Waals surface area (Å²) >= 11 is 2.00. The van der Waals surface area contributed by atoms with Crippen molar-refractivity contribution in [2.24, 2.45) is 0 Å². The molecule has 2 N–H and O–H groups in total. The number of ether oxygens (including phenoxy) is 1. The molecule has 0 saturated heterocycles. The van der Waals surface area contributed by atoms with E-state index in [1.165, 1.54) is 6.92 Å². The third kappa shape index (κ3) is 5.06. The van der Waals surface area contributed by atoms with E-state index in [9.17, 15) is 14.7 Å². The van der Waals surface area contributed by atoms with Crippen molar-refractivity contribution in [2.45, 2.75) is 26.3 Å². The van der Waals surface area contributed by atoms with Crippen LogP contribution in [0.2, 0.25) is 0 Å². The molecule has 0 bridgehead atoms. The summed E-state index contributed by atoms with van der Waals surface area (Å²) in [5.74, 6) is -0.552. The molecule has 0 fully saturated rings. The summed E-state index contributed by atoms with van der Waals surface area (Å²) in [6.45, 7) is 3.33. The van der Waals surface area contributed by atoms with Gasteiger partial charge in [0.25, 0.3) is 0 Å². The van der Waals surface area contributed by atoms with Crippen LogP contribution in [-0.2, 0) is 20.7 Å². The molecule has 0 radical (unpaired) electrons. The van der Waals surface area contributed by atoms with Crippen LogP contribution in [0.1, 0.15) is 19.4 Å². The van der Waals surface area contributed by atoms with Crippen molar-refractivity contribution >= 4 is 34.5 Å². The molecule has 1 aromatic rings. The molecule has 1 aromatic carbocycles. The number of benzene rings is 1. The average molecular weight is 377 g/mol. The van der Waals surface area contributed by atoms with Gasteiger partial charge in [0.2, 0.25) is 5.91 Å². The number of amides is 1. The summed E-state index contributed by atoms with van der Waals surface area (Å²) in [5, 5.41) is 12.0. The Kier molecular flexibility index (Phi) is 6.07. The first-order valence-corrected chi connectivity index (χ1v) is 6.93. The molecule has 0 aliphatic heterocycles. The molecular formula is C13H16INO4. The number of rotatable bonds is 5. The molecule has 0 unspecified atom stereocenters. The first-order valence-electron chi connectivity index (χ1n) is 5.85. The molecular weight excluding hydrogens is 361 g/mol. The Morgan fingerprint density at radius 1 is 1.47 bits per heavy atom. The smallest absolute Gasteiger partial charge is 0.328 e. The van der Waals surface area contributed by atoms with Gasteiger partial charge in [0.1, 0.15) is 11.8 Å². The molecule has 1 rings (SSSR count). The zero-order valence-corrected chi connectivity index (χ0v) is 12.9. The van der Waals surface area contributed by atoms with Gasteiger partial charge in [-0.15, -0.1) is 0 Å². The third-order valence-corrected chi connectivity index (χ3v) is 3.26. The SMILES string of the molecule is CCOC(=O)[C@H](Cc1ccc(O)c(I)c1)NC(C)=O. The van der Waals surface area contributed by atoms with E-state index in [1.807, 2.05) is 22.6 Å². The zero-order chi connectivity index (χ0) is 14.4. The van der Waals surface area contributed by atoms with Crippen molar-refractivity contribution in [2.75, 3.05) is 6.61 Å². The Morgan fingerprint density at radius 3 is 2.68 bits per heavy atom. The highest BCUT2D eigenvalue weighted by molar-refractivity contribution is 14.1. The second-order valence-electron chi connectivity index (χ2n) is 4.00. The van der Waals surface area contributed by atoms with Crippen LogP contribution in [-0.4, -0.2) is 29.6 Å². The lowest BCUT2D eigenvalue weighted by Crippen LogP contribution is -2.42. The lowest BCUT2D eigenvalue weighted by molar-refractivity contribution is -0.147. The summed E-state index contributed by atoms with van der Waals surface area (Å²) in [4.78, 5) is 22.9. The fourth-order valence-corrected chi connectivity index (χ4v) is 2.17. The maximum absolute atomic E-state index is 11.7. The third-order valence-electron chi connectivity index (χ3n) is 2.40. The molecule has 1 atom stereocenters. The standard InChI is InChI=1S/C13H16INO4/c1-3-19-13(18)11(15-8(2)16)7-9-4-5-12(17)10(14)6-9/h4-6,11,17H,3,7H2,1-2H3,(H,15,16)/t11-/m0/s1. The van der Waals surface area contributed by atoms with Crippen LogP contribution in [0.25, 0.3) is 0 Å². The van der Waals surface area contributed by atoms with E-state index in [0.29, 0.717) is 9.99 Å². The lowest BCUT2D eigenvalue weighted by atomic mass is 10.1. The van der Waals surface area contributed by atoms with Gasteiger partial charge in [0.15, 0.2) is 0 Å². The molecule has 6 heteroatoms. The highest BCUT2D eigenvalue weighted by Gasteiger charge is 2.21. The number of nitrogens with one attached hydrogen (secondary N) is 1. The Labute approximate surface area is 125 Å². The molecule has 19 heavy (non-hydrogen) atoms. The summed E-state index contributed by atoms with van der Waals surface area (Å²) in [6.07, 6.45) is 0.328. The van der Waals surface area contributed by atoms with Crippen LogP contribution in [0.15, 0.2) is 18.2 Å². The summed E-state index contributed by atoms with van der Waals surface area (Å²) in [5.41, 5.74) is 0.842. The Morgan fingerprint density at radius 2 is 2.16 bits per heavy atom. The topological polar surface area (TPSA) is 75.6 Å². The van der Waals surface area contributed by atoms with Crippen LogP contribution in [0.3, 0.4) is 0 Å². The summed E-state index contributed by atoms with van der Waals surface area (Å²) in [7, 11) is 0. The largest absolute Gasteiger partial charge is 0.507 e. The minimum Gasteiger partial charge on any atom is -0.507 e. The molecule has 0 aliphatic carbocycles. The Bertz CT molecular complexity index is 476. The normalized spacial score (nSPS) is 11.7. The van der Waals surface area contributed by atoms with Crippen molar-refractivity contribution in [1.82, 2.24) is 5.32 Å². The second kappa shape index (κ2) is 7.32. The van der Waals surface area contributed by atoms with Crippen LogP contribution in [0.5, 0.6) is 5.75 Å². The Hall–Kier alpha value is -1.31. The predicted octanol–water partition coefficient (Wildman–Crippen LogP) is 1.61. The van der Waals surface area contributed by atoms with Gasteiger partial charge in [-0.2, -0.15) is 0 Å². The van der Waals surface area contributed by atoms with Gasteiger partial charge in [-0.05, 0) is 47.2 Å². The number of phenolic OH excluding ortho intramolecular Hbond substituents is 1. The van der Waals surface area contributed by atoms with Gasteiger partial charge in [0, 0.05) is 13.3 Å². The molecule has 1 amide bonds. The number of carbonyl (C=O) groups excluding carboxylic acids is 2. The maximum atomic E-state index is 11.7. The van der Waals surface area contributed by atoms with E-state index >= 15 is 0 Å². The molecule has 0 aromatic heterocycles. The molecule has 0 spiro atoms. The molecule has 104 valence electrons. The maximum Gasteiger partial charge on any atom is 0.328 e. The number of carbonyl (C=O) groups is 2. The molecule has 5 nitrogen and oxygen atoms in total. The van der Waals surface area contributed by atoms with E-state index in [1.54, 1.807) is 25.1 Å². The number of halogens is 1. The number of aromatic hydroxyl groups is 1. The minimum absolute atomic E-state index is 0.191. The van der Waals surface area contributed by atoms with E-state index < -0.39 is 12.0 Å². The van der Waals surface area contributed by atoms with Crippen LogP contribution in [0.4, 0.5) is 0 Å². The Balaban J connectivity index is 2.83. The van der Waals surface area contributed by atoms with Crippen molar-refractivity contribution in [3.05, 3.63) is 27.3 Å². The van der Waals surface area contributed by atoms with Gasteiger partial charge in [-0.3, -0.25) is 4.79 Å². The number of hydrogen-bond donors (Lipinski definition) is 2. The quantitative estimate of drug-likeness (QED) is 0.604. The molecule has 0 saturated carbocycles. The molecule has 0 heterocycles. The fourth-order valence-electron chi connectivity index (χ4n) is 1.59. The van der Waals surface area contributed by atoms with Gasteiger partial charge < -0.3 is 15.2 Å². The highest BCUT2D eigenvalue weighted by atomic mass is 127. The average Bonchev–Trinajstić information content (AvgIpc) is 2.33. The molecule has 0 aliphatic rings. The monoisotopic (exact) mass is 377 g/mol. The van der Waals surface area contributed by atoms with Crippen molar-refractivity contribution in [1.29, 1.82) is 0 Å². The number of phenols is 1. The van der Waals surface area contributed by atoms with E-state index in [0.717, 1.165) is 5.56 Å². The minimum atomic E-state index is -0.710. The van der Waals surface area contributed by atoms with E-state index in [-0.39, 0.29) is 18.3 Å². The highest BCUT2D eigenvalue weighted by Crippen LogP contribution is 2.21. The number of esters is 1. The first kappa shape index (κ1) is 15.7. The van der Waals surface area contributed by atoms with Crippen molar-refractivity contribution < 1.29 is 19.4 Å². The van der Waals surface area contributed by atoms with Gasteiger partial charge in [-0.1, -0.05) is 6.07 Å². The van der Waals surface area contributed by atoms with Crippen molar-refractivity contribution in [3.63, 3.8) is 0 Å². The van der Waals surface area contributed by atoms with Gasteiger partial charge >= 0.3 is 5.97 Å². The lowest BCUT2D eigenvalue weighted by Gasteiger charge is -2.16. The fraction of sp³-hybridized carbons (Fsp3) is 0.385. The summed E-state index contributed by atoms with van der Waals surface area (Å²) in [6, 6.07) is 4.33. The van der Waals surface area contributed by atoms with Crippen molar-refractivity contribution in [3.8, 4) is 5.75 Å². The van der Waals surface area contributed by atoms with Crippen LogP contribution < -0.4 is 5.32 Å². The van der Waals surface area contributed by atoms with Gasteiger partial charge in [-0.25, -0.2) is 4.79 Å². The second-order valence-corrected chi connectivity index (χ2v) is 5.16. The zero-order valence-electron chi connectivity index (χ0n) is 10.8. The first-order chi connectivity index (χ1) is 8.93. The summed E-state index contributed by atoms with van der Waals surface area (Å²) < 4.78 is 5.62. The number of hydrogen-bond acceptors (Lipinski definition) is 4.